The summed E-state index contributed by atoms with van der Waals surface area (Å²) < 4.78 is 24.4. The zero-order chi connectivity index (χ0) is 16.6. The summed E-state index contributed by atoms with van der Waals surface area (Å²) in [6, 6.07) is 3.45. The fraction of sp³-hybridized carbons (Fsp3) is 0.571. The Balaban J connectivity index is 2.49. The molecule has 0 bridgehead atoms. The van der Waals surface area contributed by atoms with Crippen molar-refractivity contribution >= 4 is 21.6 Å². The van der Waals surface area contributed by atoms with Gasteiger partial charge >= 0.3 is 0 Å². The van der Waals surface area contributed by atoms with Crippen LogP contribution in [0.15, 0.2) is 18.3 Å². The number of amides is 1. The SMILES string of the molecule is CCNC(=O)c1cc(NCCCN(CC)S(C)(=O)=O)ccn1. The Morgan fingerprint density at radius 2 is 2.09 bits per heavy atom. The molecular weight excluding hydrogens is 304 g/mol. The van der Waals surface area contributed by atoms with Crippen LogP contribution >= 0.6 is 0 Å². The first-order valence-electron chi connectivity index (χ1n) is 7.31. The number of pyridine rings is 1. The van der Waals surface area contributed by atoms with Gasteiger partial charge in [-0.05, 0) is 25.5 Å². The Morgan fingerprint density at radius 1 is 1.36 bits per heavy atom. The van der Waals surface area contributed by atoms with Crippen LogP contribution in [0.25, 0.3) is 0 Å². The molecule has 124 valence electrons. The van der Waals surface area contributed by atoms with Gasteiger partial charge in [-0.2, -0.15) is 0 Å². The van der Waals surface area contributed by atoms with Gasteiger partial charge in [0.05, 0.1) is 6.26 Å². The molecule has 0 atom stereocenters. The number of carbonyl (C=O) groups is 1. The van der Waals surface area contributed by atoms with Crippen LogP contribution < -0.4 is 10.6 Å². The van der Waals surface area contributed by atoms with Crippen molar-refractivity contribution in [2.75, 3.05) is 37.8 Å². The maximum Gasteiger partial charge on any atom is 0.269 e. The van der Waals surface area contributed by atoms with Crippen molar-refractivity contribution in [3.05, 3.63) is 24.0 Å². The number of nitrogens with zero attached hydrogens (tertiary/aromatic N) is 2. The van der Waals surface area contributed by atoms with Gasteiger partial charge in [-0.3, -0.25) is 9.78 Å². The zero-order valence-corrected chi connectivity index (χ0v) is 14.1. The van der Waals surface area contributed by atoms with E-state index in [2.05, 4.69) is 15.6 Å². The first-order valence-corrected chi connectivity index (χ1v) is 9.16. The molecule has 0 spiro atoms. The van der Waals surface area contributed by atoms with Crippen molar-refractivity contribution in [1.82, 2.24) is 14.6 Å². The smallest absolute Gasteiger partial charge is 0.269 e. The second kappa shape index (κ2) is 8.70. The summed E-state index contributed by atoms with van der Waals surface area (Å²) in [5.74, 6) is -0.208. The lowest BCUT2D eigenvalue weighted by Crippen LogP contribution is -2.31. The largest absolute Gasteiger partial charge is 0.385 e. The first kappa shape index (κ1) is 18.4. The van der Waals surface area contributed by atoms with Gasteiger partial charge in [0, 0.05) is 38.1 Å². The molecule has 1 aromatic rings. The van der Waals surface area contributed by atoms with Gasteiger partial charge in [0.25, 0.3) is 5.91 Å². The Kier molecular flexibility index (Phi) is 7.26. The summed E-state index contributed by atoms with van der Waals surface area (Å²) in [7, 11) is -3.14. The van der Waals surface area contributed by atoms with Crippen LogP contribution in [0.1, 0.15) is 30.8 Å². The molecule has 0 aliphatic rings. The lowest BCUT2D eigenvalue weighted by molar-refractivity contribution is 0.0951. The number of hydrogen-bond acceptors (Lipinski definition) is 5. The number of anilines is 1. The van der Waals surface area contributed by atoms with Gasteiger partial charge in [-0.1, -0.05) is 6.92 Å². The number of sulfonamides is 1. The Morgan fingerprint density at radius 3 is 2.68 bits per heavy atom. The highest BCUT2D eigenvalue weighted by molar-refractivity contribution is 7.88. The van der Waals surface area contributed by atoms with E-state index in [-0.39, 0.29) is 5.91 Å². The van der Waals surface area contributed by atoms with Crippen LogP contribution in [0.4, 0.5) is 5.69 Å². The average Bonchev–Trinajstić information content (AvgIpc) is 2.46. The number of aromatic nitrogens is 1. The number of nitrogens with one attached hydrogen (secondary N) is 2. The molecule has 0 saturated heterocycles. The van der Waals surface area contributed by atoms with Gasteiger partial charge in [0.2, 0.25) is 10.0 Å². The summed E-state index contributed by atoms with van der Waals surface area (Å²) in [5.41, 5.74) is 1.15. The minimum absolute atomic E-state index is 0.208. The predicted octanol–water partition coefficient (Wildman–Crippen LogP) is 0.915. The van der Waals surface area contributed by atoms with Crippen molar-refractivity contribution in [2.24, 2.45) is 0 Å². The molecule has 22 heavy (non-hydrogen) atoms. The third kappa shape index (κ3) is 5.98. The van der Waals surface area contributed by atoms with Crippen LogP contribution in [0, 0.1) is 0 Å². The first-order chi connectivity index (χ1) is 10.4. The third-order valence-corrected chi connectivity index (χ3v) is 4.44. The number of hydrogen-bond donors (Lipinski definition) is 2. The number of carbonyl (C=O) groups excluding carboxylic acids is 1. The molecule has 0 aromatic carbocycles. The predicted molar refractivity (Wildman–Crippen MR) is 87.4 cm³/mol. The monoisotopic (exact) mass is 328 g/mol. The van der Waals surface area contributed by atoms with E-state index >= 15 is 0 Å². The highest BCUT2D eigenvalue weighted by Crippen LogP contribution is 2.08. The van der Waals surface area contributed by atoms with Crippen molar-refractivity contribution in [3.63, 3.8) is 0 Å². The fourth-order valence-corrected chi connectivity index (χ4v) is 2.89. The molecule has 0 radical (unpaired) electrons. The normalized spacial score (nSPS) is 11.5. The molecule has 1 heterocycles. The van der Waals surface area contributed by atoms with Gasteiger partial charge in [-0.25, -0.2) is 12.7 Å². The zero-order valence-electron chi connectivity index (χ0n) is 13.3. The second-order valence-electron chi connectivity index (χ2n) is 4.82. The molecule has 0 saturated carbocycles. The highest BCUT2D eigenvalue weighted by atomic mass is 32.2. The molecule has 1 amide bonds. The van der Waals surface area contributed by atoms with Gasteiger partial charge in [-0.15, -0.1) is 0 Å². The Bertz CT molecular complexity index is 590. The van der Waals surface area contributed by atoms with Crippen molar-refractivity contribution < 1.29 is 13.2 Å². The standard InChI is InChI=1S/C14H24N4O3S/c1-4-15-14(19)13-11-12(7-9-17-13)16-8-6-10-18(5-2)22(3,20)21/h7,9,11H,4-6,8,10H2,1-3H3,(H,15,19)(H,16,17). The molecule has 8 heteroatoms. The van der Waals surface area contributed by atoms with Crippen LogP contribution in [-0.2, 0) is 10.0 Å². The highest BCUT2D eigenvalue weighted by Gasteiger charge is 2.13. The van der Waals surface area contributed by atoms with Gasteiger partial charge < -0.3 is 10.6 Å². The lowest BCUT2D eigenvalue weighted by Gasteiger charge is -2.17. The molecule has 2 N–H and O–H groups in total. The Labute approximate surface area is 132 Å². The minimum Gasteiger partial charge on any atom is -0.385 e. The van der Waals surface area contributed by atoms with E-state index in [1.165, 1.54) is 10.6 Å². The van der Waals surface area contributed by atoms with Crippen LogP contribution in [0.2, 0.25) is 0 Å². The Hall–Kier alpha value is -1.67. The molecule has 0 aliphatic carbocycles. The topological polar surface area (TPSA) is 91.4 Å². The van der Waals surface area contributed by atoms with E-state index in [0.29, 0.717) is 38.3 Å². The van der Waals surface area contributed by atoms with E-state index in [1.54, 1.807) is 18.3 Å². The second-order valence-corrected chi connectivity index (χ2v) is 6.81. The molecule has 0 aliphatic heterocycles. The van der Waals surface area contributed by atoms with Crippen molar-refractivity contribution in [2.45, 2.75) is 20.3 Å². The maximum atomic E-state index is 11.7. The van der Waals surface area contributed by atoms with E-state index in [0.717, 1.165) is 5.69 Å². The van der Waals surface area contributed by atoms with Gasteiger partial charge in [0.1, 0.15) is 5.69 Å². The molecule has 0 unspecified atom stereocenters. The van der Waals surface area contributed by atoms with Crippen LogP contribution in [0.5, 0.6) is 0 Å². The lowest BCUT2D eigenvalue weighted by atomic mass is 10.3. The summed E-state index contributed by atoms with van der Waals surface area (Å²) in [5, 5.41) is 5.86. The van der Waals surface area contributed by atoms with Gasteiger partial charge in [0.15, 0.2) is 0 Å². The molecular formula is C14H24N4O3S. The summed E-state index contributed by atoms with van der Waals surface area (Å²) in [4.78, 5) is 15.7. The van der Waals surface area contributed by atoms with Crippen LogP contribution in [0.3, 0.4) is 0 Å². The van der Waals surface area contributed by atoms with E-state index in [9.17, 15) is 13.2 Å². The minimum atomic E-state index is -3.14. The molecule has 7 nitrogen and oxygen atoms in total. The third-order valence-electron chi connectivity index (χ3n) is 3.07. The molecule has 1 rings (SSSR count). The summed E-state index contributed by atoms with van der Waals surface area (Å²) in [6.07, 6.45) is 3.47. The molecule has 1 aromatic heterocycles. The van der Waals surface area contributed by atoms with Crippen molar-refractivity contribution in [3.8, 4) is 0 Å². The quantitative estimate of drug-likeness (QED) is 0.658. The fourth-order valence-electron chi connectivity index (χ4n) is 1.96. The molecule has 0 fully saturated rings. The summed E-state index contributed by atoms with van der Waals surface area (Å²) in [6.45, 7) is 5.77. The van der Waals surface area contributed by atoms with E-state index in [1.807, 2.05) is 13.8 Å². The number of rotatable bonds is 9. The van der Waals surface area contributed by atoms with E-state index in [4.69, 9.17) is 0 Å². The van der Waals surface area contributed by atoms with Crippen LogP contribution in [-0.4, -0.2) is 56.0 Å². The van der Waals surface area contributed by atoms with E-state index < -0.39 is 10.0 Å². The maximum absolute atomic E-state index is 11.7. The average molecular weight is 328 g/mol. The van der Waals surface area contributed by atoms with Crippen molar-refractivity contribution in [1.29, 1.82) is 0 Å². The summed E-state index contributed by atoms with van der Waals surface area (Å²) >= 11 is 0.